The molecule has 2 saturated heterocycles. The Bertz CT molecular complexity index is 516. The van der Waals surface area contributed by atoms with E-state index in [1.165, 1.54) is 25.9 Å². The highest BCUT2D eigenvalue weighted by molar-refractivity contribution is 6.18. The number of carbonyl (C=O) groups excluding carboxylic acids is 1. The van der Waals surface area contributed by atoms with E-state index >= 15 is 0 Å². The van der Waals surface area contributed by atoms with Crippen LogP contribution in [0.1, 0.15) is 49.5 Å². The molecule has 120 valence electrons. The molecule has 0 spiro atoms. The Morgan fingerprint density at radius 2 is 2.05 bits per heavy atom. The number of aromatic nitrogens is 1. The summed E-state index contributed by atoms with van der Waals surface area (Å²) in [5.41, 5.74) is 2.16. The number of rotatable bonds is 5. The maximum atomic E-state index is 12.2. The van der Waals surface area contributed by atoms with Gasteiger partial charge in [-0.25, -0.2) is 0 Å². The van der Waals surface area contributed by atoms with Crippen LogP contribution in [0.3, 0.4) is 0 Å². The largest absolute Gasteiger partial charge is 0.334 e. The summed E-state index contributed by atoms with van der Waals surface area (Å²) in [6.07, 6.45) is 5.07. The Kier molecular flexibility index (Phi) is 5.32. The van der Waals surface area contributed by atoms with Crippen LogP contribution >= 0.6 is 11.6 Å². The third kappa shape index (κ3) is 3.61. The van der Waals surface area contributed by atoms with Crippen molar-refractivity contribution in [3.63, 3.8) is 0 Å². The van der Waals surface area contributed by atoms with E-state index in [0.717, 1.165) is 37.3 Å². The van der Waals surface area contributed by atoms with Crippen molar-refractivity contribution in [1.82, 2.24) is 14.8 Å². The zero-order chi connectivity index (χ0) is 15.4. The molecule has 5 heteroatoms. The molecule has 2 aliphatic heterocycles. The first-order valence-corrected chi connectivity index (χ1v) is 8.85. The van der Waals surface area contributed by atoms with Gasteiger partial charge >= 0.3 is 0 Å². The SMILES string of the molecule is O=C(CCCl)N1CCCC1c1cccc(CN2CCCC2)n1. The Morgan fingerprint density at radius 3 is 2.82 bits per heavy atom. The highest BCUT2D eigenvalue weighted by Crippen LogP contribution is 2.31. The van der Waals surface area contributed by atoms with E-state index in [0.29, 0.717) is 12.3 Å². The van der Waals surface area contributed by atoms with Crippen molar-refractivity contribution in [3.05, 3.63) is 29.6 Å². The standard InChI is InChI=1S/C17H24ClN3O/c18-9-8-17(22)21-12-4-7-16(21)15-6-3-5-14(19-15)13-20-10-1-2-11-20/h3,5-6,16H,1-2,4,7-13H2. The number of hydrogen-bond donors (Lipinski definition) is 0. The van der Waals surface area contributed by atoms with Crippen molar-refractivity contribution in [2.45, 2.75) is 44.7 Å². The molecule has 1 atom stereocenters. The van der Waals surface area contributed by atoms with Gasteiger partial charge in [-0.1, -0.05) is 6.07 Å². The summed E-state index contributed by atoms with van der Waals surface area (Å²) in [5, 5.41) is 0. The third-order valence-corrected chi connectivity index (χ3v) is 4.82. The molecule has 1 amide bonds. The minimum absolute atomic E-state index is 0.134. The predicted molar refractivity (Wildman–Crippen MR) is 87.8 cm³/mol. The Labute approximate surface area is 137 Å². The van der Waals surface area contributed by atoms with Gasteiger partial charge in [0, 0.05) is 25.4 Å². The molecule has 0 bridgehead atoms. The van der Waals surface area contributed by atoms with Gasteiger partial charge in [0.2, 0.25) is 5.91 Å². The molecule has 3 heterocycles. The summed E-state index contributed by atoms with van der Waals surface area (Å²) in [5.74, 6) is 0.550. The van der Waals surface area contributed by atoms with Crippen molar-refractivity contribution < 1.29 is 4.79 Å². The highest BCUT2D eigenvalue weighted by atomic mass is 35.5. The lowest BCUT2D eigenvalue weighted by Crippen LogP contribution is -2.31. The predicted octanol–water partition coefficient (Wildman–Crippen LogP) is 2.97. The van der Waals surface area contributed by atoms with Crippen LogP contribution < -0.4 is 0 Å². The number of nitrogens with zero attached hydrogens (tertiary/aromatic N) is 3. The minimum atomic E-state index is 0.134. The molecular weight excluding hydrogens is 298 g/mol. The van der Waals surface area contributed by atoms with E-state index in [-0.39, 0.29) is 11.9 Å². The summed E-state index contributed by atoms with van der Waals surface area (Å²) in [7, 11) is 0. The molecule has 0 aliphatic carbocycles. The van der Waals surface area contributed by atoms with Gasteiger partial charge in [0.1, 0.15) is 0 Å². The smallest absolute Gasteiger partial charge is 0.224 e. The van der Waals surface area contributed by atoms with Crippen molar-refractivity contribution in [3.8, 4) is 0 Å². The van der Waals surface area contributed by atoms with Gasteiger partial charge in [-0.15, -0.1) is 11.6 Å². The Morgan fingerprint density at radius 1 is 1.23 bits per heavy atom. The maximum absolute atomic E-state index is 12.2. The molecule has 0 radical (unpaired) electrons. The Hall–Kier alpha value is -1.13. The summed E-state index contributed by atoms with van der Waals surface area (Å²) >= 11 is 5.72. The molecule has 3 rings (SSSR count). The van der Waals surface area contributed by atoms with Crippen molar-refractivity contribution in [1.29, 1.82) is 0 Å². The molecular formula is C17H24ClN3O. The van der Waals surface area contributed by atoms with Gasteiger partial charge in [0.15, 0.2) is 0 Å². The van der Waals surface area contributed by atoms with Crippen LogP contribution in [0.2, 0.25) is 0 Å². The number of pyridine rings is 1. The van der Waals surface area contributed by atoms with Crippen LogP contribution in [-0.2, 0) is 11.3 Å². The van der Waals surface area contributed by atoms with E-state index < -0.39 is 0 Å². The first-order chi connectivity index (χ1) is 10.8. The molecule has 0 saturated carbocycles. The minimum Gasteiger partial charge on any atom is -0.334 e. The fourth-order valence-electron chi connectivity index (χ4n) is 3.54. The lowest BCUT2D eigenvalue weighted by molar-refractivity contribution is -0.131. The second-order valence-corrected chi connectivity index (χ2v) is 6.60. The van der Waals surface area contributed by atoms with Crippen LogP contribution in [0.25, 0.3) is 0 Å². The fourth-order valence-corrected chi connectivity index (χ4v) is 3.70. The summed E-state index contributed by atoms with van der Waals surface area (Å²) in [6, 6.07) is 6.37. The maximum Gasteiger partial charge on any atom is 0.224 e. The first-order valence-electron chi connectivity index (χ1n) is 8.31. The molecule has 2 fully saturated rings. The summed E-state index contributed by atoms with van der Waals surface area (Å²) in [6.45, 7) is 4.11. The average molecular weight is 322 g/mol. The van der Waals surface area contributed by atoms with Gasteiger partial charge in [-0.05, 0) is 50.9 Å². The van der Waals surface area contributed by atoms with Crippen molar-refractivity contribution in [2.24, 2.45) is 0 Å². The number of alkyl halides is 1. The van der Waals surface area contributed by atoms with Crippen LogP contribution in [0, 0.1) is 0 Å². The zero-order valence-electron chi connectivity index (χ0n) is 13.0. The molecule has 22 heavy (non-hydrogen) atoms. The molecule has 1 aromatic heterocycles. The molecule has 0 N–H and O–H groups in total. The highest BCUT2D eigenvalue weighted by Gasteiger charge is 2.30. The van der Waals surface area contributed by atoms with Gasteiger partial charge in [-0.2, -0.15) is 0 Å². The topological polar surface area (TPSA) is 36.4 Å². The van der Waals surface area contributed by atoms with Gasteiger partial charge in [0.05, 0.1) is 17.4 Å². The van der Waals surface area contributed by atoms with Crippen molar-refractivity contribution in [2.75, 3.05) is 25.5 Å². The monoisotopic (exact) mass is 321 g/mol. The van der Waals surface area contributed by atoms with E-state index in [9.17, 15) is 4.79 Å². The molecule has 0 aromatic carbocycles. The molecule has 1 aromatic rings. The molecule has 4 nitrogen and oxygen atoms in total. The lowest BCUT2D eigenvalue weighted by atomic mass is 10.1. The normalized spacial score (nSPS) is 22.4. The fraction of sp³-hybridized carbons (Fsp3) is 0.647. The van der Waals surface area contributed by atoms with Gasteiger partial charge in [-0.3, -0.25) is 14.7 Å². The number of halogens is 1. The number of likely N-dealkylation sites (tertiary alicyclic amines) is 2. The third-order valence-electron chi connectivity index (χ3n) is 4.64. The van der Waals surface area contributed by atoms with Crippen LogP contribution in [0.15, 0.2) is 18.2 Å². The number of carbonyl (C=O) groups is 1. The van der Waals surface area contributed by atoms with E-state index in [1.54, 1.807) is 0 Å². The second kappa shape index (κ2) is 7.42. The van der Waals surface area contributed by atoms with Crippen LogP contribution in [0.4, 0.5) is 0 Å². The van der Waals surface area contributed by atoms with E-state index in [2.05, 4.69) is 23.1 Å². The second-order valence-electron chi connectivity index (χ2n) is 6.22. The zero-order valence-corrected chi connectivity index (χ0v) is 13.8. The molecule has 1 unspecified atom stereocenters. The van der Waals surface area contributed by atoms with Crippen molar-refractivity contribution >= 4 is 17.5 Å². The first kappa shape index (κ1) is 15.8. The van der Waals surface area contributed by atoms with Crippen LogP contribution in [-0.4, -0.2) is 46.2 Å². The van der Waals surface area contributed by atoms with E-state index in [1.807, 2.05) is 4.90 Å². The number of amides is 1. The average Bonchev–Trinajstić information content (AvgIpc) is 3.19. The van der Waals surface area contributed by atoms with Crippen LogP contribution in [0.5, 0.6) is 0 Å². The van der Waals surface area contributed by atoms with E-state index in [4.69, 9.17) is 16.6 Å². The quantitative estimate of drug-likeness (QED) is 0.782. The van der Waals surface area contributed by atoms with Gasteiger partial charge < -0.3 is 4.90 Å². The number of hydrogen-bond acceptors (Lipinski definition) is 3. The summed E-state index contributed by atoms with van der Waals surface area (Å²) < 4.78 is 0. The summed E-state index contributed by atoms with van der Waals surface area (Å²) in [4.78, 5) is 21.5. The Balaban J connectivity index is 1.71. The van der Waals surface area contributed by atoms with Gasteiger partial charge in [0.25, 0.3) is 0 Å². The lowest BCUT2D eigenvalue weighted by Gasteiger charge is -2.25. The molecule has 2 aliphatic rings.